The Kier molecular flexibility index (Phi) is 12.4. The van der Waals surface area contributed by atoms with Gasteiger partial charge in [-0.25, -0.2) is 0 Å². The molecular formula is C94H68N2. The zero-order chi connectivity index (χ0) is 63.1. The average Bonchev–Trinajstić information content (AvgIpc) is 1.56. The summed E-state index contributed by atoms with van der Waals surface area (Å²) in [6, 6.07) is 110. The van der Waals surface area contributed by atoms with Gasteiger partial charge in [0, 0.05) is 43.1 Å². The van der Waals surface area contributed by atoms with Crippen LogP contribution in [0.1, 0.15) is 95.9 Å². The van der Waals surface area contributed by atoms with E-state index in [1.165, 1.54) is 228 Å². The van der Waals surface area contributed by atoms with Gasteiger partial charge >= 0.3 is 0 Å². The Hall–Kier alpha value is -11.3. The fourth-order valence-electron chi connectivity index (χ4n) is 18.2. The molecule has 0 N–H and O–H groups in total. The molecule has 16 aromatic rings. The monoisotopic (exact) mass is 1220 g/mol. The molecule has 0 amide bonds. The maximum Gasteiger partial charge on any atom is 0.0541 e. The van der Waals surface area contributed by atoms with Crippen molar-refractivity contribution in [3.63, 3.8) is 0 Å². The molecule has 0 aliphatic heterocycles. The lowest BCUT2D eigenvalue weighted by Crippen LogP contribution is -2.21. The maximum absolute atomic E-state index is 2.61. The molecule has 2 spiro atoms. The molecular weight excluding hydrogens is 1160 g/mol. The van der Waals surface area contributed by atoms with E-state index in [-0.39, 0.29) is 10.8 Å². The Balaban J connectivity index is 0.554. The second-order valence-electron chi connectivity index (χ2n) is 27.8. The minimum atomic E-state index is 0.0320. The third kappa shape index (κ3) is 8.50. The summed E-state index contributed by atoms with van der Waals surface area (Å²) >= 11 is 0. The first-order chi connectivity index (χ1) is 47.5. The molecule has 454 valence electrons. The van der Waals surface area contributed by atoms with Gasteiger partial charge in [-0.3, -0.25) is 0 Å². The first-order valence-electron chi connectivity index (χ1n) is 34.7. The molecule has 20 rings (SSSR count). The van der Waals surface area contributed by atoms with Crippen LogP contribution in [0.4, 0.5) is 0 Å². The Morgan fingerprint density at radius 3 is 0.927 bits per heavy atom. The van der Waals surface area contributed by atoms with Crippen LogP contribution in [0.15, 0.2) is 291 Å². The normalized spacial score (nSPS) is 15.0. The van der Waals surface area contributed by atoms with Gasteiger partial charge in [-0.05, 0) is 209 Å². The molecule has 2 fully saturated rings. The topological polar surface area (TPSA) is 9.86 Å². The molecule has 96 heavy (non-hydrogen) atoms. The molecule has 0 atom stereocenters. The van der Waals surface area contributed by atoms with Crippen LogP contribution < -0.4 is 0 Å². The highest BCUT2D eigenvalue weighted by molar-refractivity contribution is 6.13. The van der Waals surface area contributed by atoms with Crippen LogP contribution in [0.2, 0.25) is 0 Å². The largest absolute Gasteiger partial charge is 0.309 e. The van der Waals surface area contributed by atoms with Gasteiger partial charge in [-0.2, -0.15) is 0 Å². The lowest BCUT2D eigenvalue weighted by molar-refractivity contribution is 0.549. The van der Waals surface area contributed by atoms with E-state index in [0.717, 1.165) is 0 Å². The number of benzene rings is 14. The maximum atomic E-state index is 2.61. The van der Waals surface area contributed by atoms with Gasteiger partial charge in [-0.15, -0.1) is 0 Å². The summed E-state index contributed by atoms with van der Waals surface area (Å²) in [5.74, 6) is 0. The van der Waals surface area contributed by atoms with Gasteiger partial charge in [0.1, 0.15) is 0 Å². The number of rotatable bonds is 9. The summed E-state index contributed by atoms with van der Waals surface area (Å²) in [6.07, 6.45) is 18.9. The van der Waals surface area contributed by atoms with Gasteiger partial charge in [0.25, 0.3) is 0 Å². The van der Waals surface area contributed by atoms with Crippen molar-refractivity contribution in [1.82, 2.24) is 9.13 Å². The van der Waals surface area contributed by atoms with Gasteiger partial charge in [-0.1, -0.05) is 268 Å². The van der Waals surface area contributed by atoms with Gasteiger partial charge in [0.2, 0.25) is 0 Å². The predicted octanol–water partition coefficient (Wildman–Crippen LogP) is 25.2. The smallest absolute Gasteiger partial charge is 0.0541 e. The molecule has 0 unspecified atom stereocenters. The number of hydrogen-bond acceptors (Lipinski definition) is 0. The minimum absolute atomic E-state index is 0.0320. The number of aromatic nitrogens is 2. The lowest BCUT2D eigenvalue weighted by atomic mass is 9.75. The Labute approximate surface area is 560 Å². The van der Waals surface area contributed by atoms with Gasteiger partial charge in [0.05, 0.1) is 33.4 Å². The summed E-state index contributed by atoms with van der Waals surface area (Å²) in [5.41, 5.74) is 31.8. The highest BCUT2D eigenvalue weighted by Gasteiger charge is 2.47. The standard InChI is InChI=1S/C94H68N2/c1-3-19-73-67(15-1)17-13-25-87(73)95-89-23-7-5-21-79(89)81-55-63(35-49-91(81)95)29-27-61-31-37-65(38-32-61)69-41-45-75-77-47-43-71(59-85(77)93(83(75)57-69)51-9-10-52-93)72-44-48-78-76-46-42-70(58-84(76)94(86(78)60-72)53-11-12-54-94)66-39-33-62(34-40-66)28-30-64-36-50-92-82(56-64)80-22-6-8-24-90(80)96(92)88-26-14-18-68-16-2-4-20-74(68)88/h1-8,13-50,55-60H,9-12,51-54H2. The van der Waals surface area contributed by atoms with Gasteiger partial charge < -0.3 is 9.13 Å². The molecule has 2 nitrogen and oxygen atoms in total. The highest BCUT2D eigenvalue weighted by Crippen LogP contribution is 2.60. The van der Waals surface area contributed by atoms with Crippen molar-refractivity contribution in [2.24, 2.45) is 0 Å². The van der Waals surface area contributed by atoms with E-state index in [4.69, 9.17) is 0 Å². The first kappa shape index (κ1) is 55.2. The molecule has 4 aliphatic carbocycles. The van der Waals surface area contributed by atoms with E-state index in [0.29, 0.717) is 0 Å². The molecule has 14 aromatic carbocycles. The fraction of sp³-hybridized carbons (Fsp3) is 0.106. The Morgan fingerprint density at radius 1 is 0.229 bits per heavy atom. The second kappa shape index (κ2) is 21.6. The van der Waals surface area contributed by atoms with Crippen molar-refractivity contribution in [2.45, 2.75) is 62.2 Å². The van der Waals surface area contributed by atoms with Crippen molar-refractivity contribution >= 4 is 89.5 Å². The number of hydrogen-bond donors (Lipinski definition) is 0. The lowest BCUT2D eigenvalue weighted by Gasteiger charge is -2.28. The van der Waals surface area contributed by atoms with Crippen LogP contribution in [0.25, 0.3) is 156 Å². The van der Waals surface area contributed by atoms with E-state index in [2.05, 4.69) is 325 Å². The molecule has 0 saturated heterocycles. The molecule has 2 heterocycles. The SMILES string of the molecule is C(=Cc1ccc2c(c1)c1ccccc1n2-c1cccc2ccccc12)c1ccc(-c2ccc3c(c2)C2(CCCC2)c2cc(-c4ccc5c(c4)C4(CCCC4)c4cc(-c6ccc(C=Cc7ccc8c(c7)c7ccccc7n8-c7cccc8ccccc78)cc6)ccc4-5)ccc2-3)cc1. The molecule has 0 bridgehead atoms. The highest BCUT2D eigenvalue weighted by atomic mass is 15.0. The number of para-hydroxylation sites is 2. The predicted molar refractivity (Wildman–Crippen MR) is 407 cm³/mol. The summed E-state index contributed by atoms with van der Waals surface area (Å²) in [6.45, 7) is 0. The van der Waals surface area contributed by atoms with Crippen LogP contribution in [-0.2, 0) is 10.8 Å². The summed E-state index contributed by atoms with van der Waals surface area (Å²) in [5, 5.41) is 10.1. The van der Waals surface area contributed by atoms with Crippen molar-refractivity contribution in [3.05, 3.63) is 336 Å². The summed E-state index contributed by atoms with van der Waals surface area (Å²) < 4.78 is 4.87. The molecule has 2 heteroatoms. The van der Waals surface area contributed by atoms with Crippen LogP contribution in [-0.4, -0.2) is 9.13 Å². The average molecular weight is 1230 g/mol. The minimum Gasteiger partial charge on any atom is -0.309 e. The van der Waals surface area contributed by atoms with Gasteiger partial charge in [0.15, 0.2) is 0 Å². The zero-order valence-corrected chi connectivity index (χ0v) is 53.6. The Morgan fingerprint density at radius 2 is 0.531 bits per heavy atom. The molecule has 0 radical (unpaired) electrons. The van der Waals surface area contributed by atoms with E-state index in [9.17, 15) is 0 Å². The molecule has 4 aliphatic rings. The van der Waals surface area contributed by atoms with E-state index in [1.807, 2.05) is 0 Å². The third-order valence-corrected chi connectivity index (χ3v) is 22.8. The second-order valence-corrected chi connectivity index (χ2v) is 27.8. The van der Waals surface area contributed by atoms with Crippen molar-refractivity contribution < 1.29 is 0 Å². The zero-order valence-electron chi connectivity index (χ0n) is 53.6. The van der Waals surface area contributed by atoms with Crippen LogP contribution >= 0.6 is 0 Å². The van der Waals surface area contributed by atoms with Crippen LogP contribution in [0, 0.1) is 0 Å². The Bertz CT molecular complexity index is 5570. The molecule has 2 saturated carbocycles. The number of nitrogens with zero attached hydrogens (tertiary/aromatic N) is 2. The van der Waals surface area contributed by atoms with Crippen LogP contribution in [0.3, 0.4) is 0 Å². The summed E-state index contributed by atoms with van der Waals surface area (Å²) in [4.78, 5) is 0. The van der Waals surface area contributed by atoms with E-state index >= 15 is 0 Å². The third-order valence-electron chi connectivity index (χ3n) is 22.8. The molecule has 2 aromatic heterocycles. The quantitative estimate of drug-likeness (QED) is 0.128. The van der Waals surface area contributed by atoms with Crippen molar-refractivity contribution in [2.75, 3.05) is 0 Å². The van der Waals surface area contributed by atoms with E-state index in [1.54, 1.807) is 0 Å². The van der Waals surface area contributed by atoms with E-state index < -0.39 is 0 Å². The van der Waals surface area contributed by atoms with Crippen LogP contribution in [0.5, 0.6) is 0 Å². The van der Waals surface area contributed by atoms with Crippen molar-refractivity contribution in [1.29, 1.82) is 0 Å². The number of fused-ring (bicyclic) bond motifs is 18. The first-order valence-corrected chi connectivity index (χ1v) is 34.7. The van der Waals surface area contributed by atoms with Crippen molar-refractivity contribution in [3.8, 4) is 67.0 Å². The summed E-state index contributed by atoms with van der Waals surface area (Å²) in [7, 11) is 0. The fourth-order valence-corrected chi connectivity index (χ4v) is 18.2.